The van der Waals surface area contributed by atoms with E-state index in [0.29, 0.717) is 32.1 Å². The lowest BCUT2D eigenvalue weighted by molar-refractivity contribution is -0.123. The number of rotatable bonds is 6. The maximum absolute atomic E-state index is 12.6. The Balaban J connectivity index is 1.57. The van der Waals surface area contributed by atoms with Gasteiger partial charge in [0.1, 0.15) is 0 Å². The molecule has 3 N–H and O–H groups in total. The molecule has 8 heteroatoms. The highest BCUT2D eigenvalue weighted by atomic mass is 32.2. The average Bonchev–Trinajstić information content (AvgIpc) is 3.14. The van der Waals surface area contributed by atoms with Gasteiger partial charge in [0.05, 0.1) is 12.6 Å². The van der Waals surface area contributed by atoms with Crippen molar-refractivity contribution >= 4 is 16.1 Å². The lowest BCUT2D eigenvalue weighted by atomic mass is 9.91. The van der Waals surface area contributed by atoms with Crippen LogP contribution in [-0.2, 0) is 15.0 Å². The highest BCUT2D eigenvalue weighted by Gasteiger charge is 2.29. The molecule has 7 nitrogen and oxygen atoms in total. The van der Waals surface area contributed by atoms with Crippen LogP contribution in [0.5, 0.6) is 0 Å². The van der Waals surface area contributed by atoms with Crippen LogP contribution in [0, 0.1) is 5.92 Å². The van der Waals surface area contributed by atoms with E-state index in [2.05, 4.69) is 17.4 Å². The van der Waals surface area contributed by atoms with Crippen LogP contribution in [0.25, 0.3) is 0 Å². The number of nitrogens with zero attached hydrogens (tertiary/aromatic N) is 2. The van der Waals surface area contributed by atoms with E-state index >= 15 is 0 Å². The van der Waals surface area contributed by atoms with Gasteiger partial charge in [0.25, 0.3) is 10.2 Å². The van der Waals surface area contributed by atoms with E-state index in [1.165, 1.54) is 17.1 Å². The molecule has 26 heavy (non-hydrogen) atoms. The van der Waals surface area contributed by atoms with Crippen LogP contribution in [0.3, 0.4) is 0 Å². The molecule has 1 aromatic rings. The van der Waals surface area contributed by atoms with E-state index in [1.54, 1.807) is 0 Å². The van der Waals surface area contributed by atoms with Gasteiger partial charge in [-0.15, -0.1) is 0 Å². The second-order valence-electron chi connectivity index (χ2n) is 7.22. The SMILES string of the molecule is NS(=O)(=O)N1CCN(CC(=O)NC(c2ccccc2)C2CCCC2)CC1. The molecule has 1 saturated heterocycles. The summed E-state index contributed by atoms with van der Waals surface area (Å²) in [6.07, 6.45) is 4.73. The van der Waals surface area contributed by atoms with Crippen LogP contribution >= 0.6 is 0 Å². The second-order valence-corrected chi connectivity index (χ2v) is 8.77. The van der Waals surface area contributed by atoms with E-state index in [9.17, 15) is 13.2 Å². The molecule has 1 saturated carbocycles. The number of amides is 1. The summed E-state index contributed by atoms with van der Waals surface area (Å²) in [6, 6.07) is 10.2. The molecule has 1 aliphatic carbocycles. The number of piperazine rings is 1. The van der Waals surface area contributed by atoms with Crippen LogP contribution in [0.15, 0.2) is 30.3 Å². The molecule has 1 aliphatic heterocycles. The van der Waals surface area contributed by atoms with Gasteiger partial charge in [0.15, 0.2) is 0 Å². The molecule has 1 atom stereocenters. The zero-order valence-electron chi connectivity index (χ0n) is 15.0. The third-order valence-corrected chi connectivity index (χ3v) is 6.49. The number of carbonyl (C=O) groups excluding carboxylic acids is 1. The van der Waals surface area contributed by atoms with Crippen LogP contribution < -0.4 is 10.5 Å². The van der Waals surface area contributed by atoms with Gasteiger partial charge < -0.3 is 5.32 Å². The van der Waals surface area contributed by atoms with Crippen molar-refractivity contribution in [2.24, 2.45) is 11.1 Å². The summed E-state index contributed by atoms with van der Waals surface area (Å²) in [5.41, 5.74) is 1.16. The lowest BCUT2D eigenvalue weighted by Crippen LogP contribution is -2.52. The predicted molar refractivity (Wildman–Crippen MR) is 100 cm³/mol. The van der Waals surface area contributed by atoms with Crippen molar-refractivity contribution in [2.75, 3.05) is 32.7 Å². The summed E-state index contributed by atoms with van der Waals surface area (Å²) in [6.45, 7) is 1.98. The van der Waals surface area contributed by atoms with Crippen LogP contribution in [0.1, 0.15) is 37.3 Å². The average molecular weight is 381 g/mol. The Kier molecular flexibility index (Phi) is 6.29. The van der Waals surface area contributed by atoms with Gasteiger partial charge >= 0.3 is 0 Å². The van der Waals surface area contributed by atoms with E-state index < -0.39 is 10.2 Å². The van der Waals surface area contributed by atoms with Crippen molar-refractivity contribution in [3.8, 4) is 0 Å². The fourth-order valence-electron chi connectivity index (χ4n) is 3.99. The van der Waals surface area contributed by atoms with Crippen LogP contribution in [-0.4, -0.2) is 56.3 Å². The quantitative estimate of drug-likeness (QED) is 0.765. The predicted octanol–water partition coefficient (Wildman–Crippen LogP) is 0.855. The molecule has 0 bridgehead atoms. The highest BCUT2D eigenvalue weighted by molar-refractivity contribution is 7.86. The van der Waals surface area contributed by atoms with Crippen LogP contribution in [0.4, 0.5) is 0 Å². The first-order valence-electron chi connectivity index (χ1n) is 9.28. The molecule has 1 aromatic carbocycles. The summed E-state index contributed by atoms with van der Waals surface area (Å²) in [5, 5.41) is 8.38. The van der Waals surface area contributed by atoms with Crippen molar-refractivity contribution < 1.29 is 13.2 Å². The molecule has 0 radical (unpaired) electrons. The molecule has 0 aromatic heterocycles. The normalized spacial score (nSPS) is 21.6. The third-order valence-electron chi connectivity index (χ3n) is 5.40. The molecule has 2 aliphatic rings. The van der Waals surface area contributed by atoms with Crippen molar-refractivity contribution in [2.45, 2.75) is 31.7 Å². The topological polar surface area (TPSA) is 95.7 Å². The molecular weight excluding hydrogens is 352 g/mol. The monoisotopic (exact) mass is 380 g/mol. The second kappa shape index (κ2) is 8.47. The first kappa shape index (κ1) is 19.3. The number of benzene rings is 1. The molecule has 0 spiro atoms. The molecule has 1 unspecified atom stereocenters. The van der Waals surface area contributed by atoms with Crippen molar-refractivity contribution in [3.63, 3.8) is 0 Å². The Labute approximate surface area is 155 Å². The largest absolute Gasteiger partial charge is 0.348 e. The smallest absolute Gasteiger partial charge is 0.276 e. The Morgan fingerprint density at radius 1 is 1.12 bits per heavy atom. The summed E-state index contributed by atoms with van der Waals surface area (Å²) >= 11 is 0. The third kappa shape index (κ3) is 5.03. The zero-order valence-corrected chi connectivity index (χ0v) is 15.8. The number of nitrogens with one attached hydrogen (secondary N) is 1. The fourth-order valence-corrected chi connectivity index (χ4v) is 4.66. The number of nitrogens with two attached hydrogens (primary N) is 1. The Hall–Kier alpha value is -1.48. The maximum Gasteiger partial charge on any atom is 0.276 e. The standard InChI is InChI=1S/C18H28N4O3S/c19-26(24,25)22-12-10-21(11-13-22)14-17(23)20-18(16-8-4-5-9-16)15-6-2-1-3-7-15/h1-3,6-7,16,18H,4-5,8-14H2,(H,20,23)(H2,19,24,25). The van der Waals surface area contributed by atoms with Gasteiger partial charge in [0, 0.05) is 26.2 Å². The summed E-state index contributed by atoms with van der Waals surface area (Å²) in [5.74, 6) is 0.482. The number of hydrogen-bond donors (Lipinski definition) is 2. The van der Waals surface area contributed by atoms with Gasteiger partial charge in [-0.25, -0.2) is 5.14 Å². The fraction of sp³-hybridized carbons (Fsp3) is 0.611. The minimum atomic E-state index is -3.64. The summed E-state index contributed by atoms with van der Waals surface area (Å²) in [4.78, 5) is 14.6. The van der Waals surface area contributed by atoms with Gasteiger partial charge in [-0.1, -0.05) is 43.2 Å². The first-order valence-corrected chi connectivity index (χ1v) is 10.8. The van der Waals surface area contributed by atoms with E-state index in [0.717, 1.165) is 18.4 Å². The van der Waals surface area contributed by atoms with E-state index in [-0.39, 0.29) is 18.5 Å². The molecule has 1 heterocycles. The van der Waals surface area contributed by atoms with Crippen LogP contribution in [0.2, 0.25) is 0 Å². The number of carbonyl (C=O) groups is 1. The number of hydrogen-bond acceptors (Lipinski definition) is 4. The van der Waals surface area contributed by atoms with Crippen molar-refractivity contribution in [1.29, 1.82) is 0 Å². The van der Waals surface area contributed by atoms with E-state index in [4.69, 9.17) is 5.14 Å². The summed E-state index contributed by atoms with van der Waals surface area (Å²) < 4.78 is 24.0. The Morgan fingerprint density at radius 3 is 2.31 bits per heavy atom. The van der Waals surface area contributed by atoms with Gasteiger partial charge in [-0.05, 0) is 24.3 Å². The minimum Gasteiger partial charge on any atom is -0.348 e. The Bertz CT molecular complexity index is 696. The Morgan fingerprint density at radius 2 is 1.73 bits per heavy atom. The summed E-state index contributed by atoms with van der Waals surface area (Å²) in [7, 11) is -3.64. The first-order chi connectivity index (χ1) is 12.4. The molecule has 144 valence electrons. The maximum atomic E-state index is 12.6. The molecule has 3 rings (SSSR count). The van der Waals surface area contributed by atoms with Gasteiger partial charge in [-0.2, -0.15) is 12.7 Å². The van der Waals surface area contributed by atoms with E-state index in [1.807, 2.05) is 23.1 Å². The van der Waals surface area contributed by atoms with Gasteiger partial charge in [0.2, 0.25) is 5.91 Å². The molecular formula is C18H28N4O3S. The van der Waals surface area contributed by atoms with Crippen molar-refractivity contribution in [1.82, 2.24) is 14.5 Å². The highest BCUT2D eigenvalue weighted by Crippen LogP contribution is 2.35. The lowest BCUT2D eigenvalue weighted by Gasteiger charge is -2.33. The zero-order chi connectivity index (χ0) is 18.6. The molecule has 1 amide bonds. The molecule has 2 fully saturated rings. The van der Waals surface area contributed by atoms with Crippen molar-refractivity contribution in [3.05, 3.63) is 35.9 Å². The van der Waals surface area contributed by atoms with Gasteiger partial charge in [-0.3, -0.25) is 9.69 Å². The minimum absolute atomic E-state index is 0.00481.